The highest BCUT2D eigenvalue weighted by molar-refractivity contribution is 6.10. The Bertz CT molecular complexity index is 1390. The molecule has 170 valence electrons. The number of pyridine rings is 1. The topological polar surface area (TPSA) is 103 Å². The molecule has 1 aliphatic carbocycles. The number of carbonyl (C=O) groups is 1. The average Bonchev–Trinajstić information content (AvgIpc) is 3.52. The lowest BCUT2D eigenvalue weighted by Gasteiger charge is -2.22. The highest BCUT2D eigenvalue weighted by Gasteiger charge is 2.36. The van der Waals surface area contributed by atoms with Crippen LogP contribution in [0.2, 0.25) is 0 Å². The second-order valence-electron chi connectivity index (χ2n) is 7.95. The van der Waals surface area contributed by atoms with Gasteiger partial charge in [0, 0.05) is 24.5 Å². The number of aromatic nitrogens is 5. The number of alkyl halides is 3. The minimum atomic E-state index is -4.61. The van der Waals surface area contributed by atoms with Crippen molar-refractivity contribution in [3.8, 4) is 0 Å². The van der Waals surface area contributed by atoms with Crippen molar-refractivity contribution in [1.82, 2.24) is 29.9 Å². The smallest absolute Gasteiger partial charge is 0.383 e. The van der Waals surface area contributed by atoms with Gasteiger partial charge in [0.1, 0.15) is 11.6 Å². The van der Waals surface area contributed by atoms with Gasteiger partial charge in [-0.3, -0.25) is 9.48 Å². The maximum atomic E-state index is 15.0. The minimum absolute atomic E-state index is 0.0901. The quantitative estimate of drug-likeness (QED) is 0.469. The first-order chi connectivity index (χ1) is 15.6. The number of rotatable bonds is 4. The molecule has 1 fully saturated rings. The Labute approximate surface area is 184 Å². The van der Waals surface area contributed by atoms with Gasteiger partial charge in [-0.1, -0.05) is 0 Å². The van der Waals surface area contributed by atoms with Crippen LogP contribution in [0.4, 0.5) is 23.4 Å². The molecule has 0 bridgehead atoms. The molecule has 33 heavy (non-hydrogen) atoms. The summed E-state index contributed by atoms with van der Waals surface area (Å²) in [6, 6.07) is 4.38. The average molecular weight is 459 g/mol. The first-order valence-electron chi connectivity index (χ1n) is 10.0. The molecule has 0 radical (unpaired) electrons. The van der Waals surface area contributed by atoms with Gasteiger partial charge in [0.05, 0.1) is 40.4 Å². The molecular weight excluding hydrogens is 442 g/mol. The van der Waals surface area contributed by atoms with Crippen molar-refractivity contribution < 1.29 is 22.4 Å². The van der Waals surface area contributed by atoms with Gasteiger partial charge in [0.2, 0.25) is 0 Å². The predicted octanol–water partition coefficient (Wildman–Crippen LogP) is 3.46. The summed E-state index contributed by atoms with van der Waals surface area (Å²) < 4.78 is 54.8. The first-order valence-corrected chi connectivity index (χ1v) is 10.0. The number of anilines is 1. The summed E-state index contributed by atoms with van der Waals surface area (Å²) in [6.07, 6.45) is -1.65. The number of carbonyl (C=O) groups excluding carboxylic acids is 1. The van der Waals surface area contributed by atoms with Crippen LogP contribution in [0.15, 0.2) is 30.5 Å². The molecule has 0 atom stereocenters. The van der Waals surface area contributed by atoms with Crippen LogP contribution in [0.1, 0.15) is 34.6 Å². The highest BCUT2D eigenvalue weighted by atomic mass is 19.4. The van der Waals surface area contributed by atoms with E-state index in [9.17, 15) is 22.4 Å². The first kappa shape index (κ1) is 21.0. The van der Waals surface area contributed by atoms with E-state index in [0.29, 0.717) is 29.1 Å². The van der Waals surface area contributed by atoms with E-state index in [1.165, 1.54) is 17.0 Å². The van der Waals surface area contributed by atoms with Crippen LogP contribution >= 0.6 is 0 Å². The fourth-order valence-corrected chi connectivity index (χ4v) is 3.82. The van der Waals surface area contributed by atoms with Gasteiger partial charge >= 0.3 is 6.18 Å². The number of amides is 1. The molecule has 8 nitrogen and oxygen atoms in total. The number of nitrogens with zero attached hydrogens (tertiary/aromatic N) is 6. The molecule has 0 unspecified atom stereocenters. The molecule has 0 spiro atoms. The van der Waals surface area contributed by atoms with Gasteiger partial charge in [0.25, 0.3) is 5.91 Å². The van der Waals surface area contributed by atoms with Crippen LogP contribution in [0, 0.1) is 5.82 Å². The summed E-state index contributed by atoms with van der Waals surface area (Å²) in [5, 5.41) is 12.1. The Morgan fingerprint density at radius 2 is 1.97 bits per heavy atom. The minimum Gasteiger partial charge on any atom is -0.383 e. The number of halogens is 4. The number of nitrogens with two attached hydrogens (primary N) is 1. The fraction of sp³-hybridized carbons (Fsp3) is 0.286. The third-order valence-electron chi connectivity index (χ3n) is 5.62. The van der Waals surface area contributed by atoms with Crippen molar-refractivity contribution >= 4 is 33.5 Å². The van der Waals surface area contributed by atoms with E-state index in [-0.39, 0.29) is 35.2 Å². The number of fused-ring (bicyclic) bond motifs is 3. The SMILES string of the molecule is Cn1ncc2c(N)nc3cc(F)c(C(=O)N(Cc4ccc(C(F)(F)F)nn4)C4CC4)cc3c21. The number of hydrogen-bond acceptors (Lipinski definition) is 6. The summed E-state index contributed by atoms with van der Waals surface area (Å²) in [5.74, 6) is -1.17. The van der Waals surface area contributed by atoms with Gasteiger partial charge in [-0.05, 0) is 31.0 Å². The summed E-state index contributed by atoms with van der Waals surface area (Å²) in [7, 11) is 1.70. The molecule has 4 aromatic rings. The molecule has 3 aromatic heterocycles. The molecule has 0 saturated heterocycles. The van der Waals surface area contributed by atoms with E-state index < -0.39 is 23.6 Å². The van der Waals surface area contributed by atoms with Crippen LogP contribution in [0.5, 0.6) is 0 Å². The molecule has 1 aromatic carbocycles. The van der Waals surface area contributed by atoms with E-state index in [0.717, 1.165) is 12.1 Å². The third kappa shape index (κ3) is 3.70. The molecule has 1 aliphatic rings. The van der Waals surface area contributed by atoms with Crippen molar-refractivity contribution in [1.29, 1.82) is 0 Å². The van der Waals surface area contributed by atoms with Crippen molar-refractivity contribution in [3.05, 3.63) is 53.2 Å². The van der Waals surface area contributed by atoms with Crippen molar-refractivity contribution in [2.24, 2.45) is 7.05 Å². The summed E-state index contributed by atoms with van der Waals surface area (Å²) in [4.78, 5) is 19.0. The zero-order chi connectivity index (χ0) is 23.5. The maximum Gasteiger partial charge on any atom is 0.435 e. The van der Waals surface area contributed by atoms with Gasteiger partial charge in [0.15, 0.2) is 5.69 Å². The third-order valence-corrected chi connectivity index (χ3v) is 5.62. The molecule has 1 saturated carbocycles. The zero-order valence-corrected chi connectivity index (χ0v) is 17.3. The standard InChI is InChI=1S/C21H17F4N7O/c1-31-18-13-6-12(15(22)7-16(13)28-19(26)14(18)8-27-31)20(33)32(11-3-4-11)9-10-2-5-17(30-29-10)21(23,24)25/h2,5-8,11H,3-4,9H2,1H3,(H2,26,28). The highest BCUT2D eigenvalue weighted by Crippen LogP contribution is 2.33. The largest absolute Gasteiger partial charge is 0.435 e. The number of nitrogen functional groups attached to an aromatic ring is 1. The van der Waals surface area contributed by atoms with E-state index >= 15 is 0 Å². The van der Waals surface area contributed by atoms with Crippen molar-refractivity contribution in [2.75, 3.05) is 5.73 Å². The summed E-state index contributed by atoms with van der Waals surface area (Å²) in [6.45, 7) is -0.0901. The second kappa shape index (κ2) is 7.36. The van der Waals surface area contributed by atoms with Gasteiger partial charge in [-0.25, -0.2) is 9.37 Å². The Kier molecular flexibility index (Phi) is 4.69. The molecular formula is C21H17F4N7O. The van der Waals surface area contributed by atoms with Crippen LogP contribution in [0.3, 0.4) is 0 Å². The predicted molar refractivity (Wildman–Crippen MR) is 110 cm³/mol. The second-order valence-corrected chi connectivity index (χ2v) is 7.95. The lowest BCUT2D eigenvalue weighted by Crippen LogP contribution is -2.33. The normalized spacial score (nSPS) is 14.2. The van der Waals surface area contributed by atoms with E-state index in [4.69, 9.17) is 5.73 Å². The van der Waals surface area contributed by atoms with Crippen LogP contribution < -0.4 is 5.73 Å². The monoisotopic (exact) mass is 459 g/mol. The van der Waals surface area contributed by atoms with E-state index in [1.54, 1.807) is 17.9 Å². The lowest BCUT2D eigenvalue weighted by molar-refractivity contribution is -0.141. The number of hydrogen-bond donors (Lipinski definition) is 1. The number of aryl methyl sites for hydroxylation is 1. The molecule has 2 N–H and O–H groups in total. The van der Waals surface area contributed by atoms with Crippen LogP contribution in [-0.2, 0) is 19.8 Å². The van der Waals surface area contributed by atoms with E-state index in [2.05, 4.69) is 20.3 Å². The van der Waals surface area contributed by atoms with Crippen molar-refractivity contribution in [2.45, 2.75) is 31.6 Å². The molecule has 3 heterocycles. The van der Waals surface area contributed by atoms with Gasteiger partial charge in [-0.2, -0.15) is 23.4 Å². The van der Waals surface area contributed by atoms with Gasteiger partial charge in [-0.15, -0.1) is 5.10 Å². The number of benzene rings is 1. The van der Waals surface area contributed by atoms with Gasteiger partial charge < -0.3 is 10.6 Å². The summed E-state index contributed by atoms with van der Waals surface area (Å²) in [5.41, 5.74) is 5.72. The Balaban J connectivity index is 1.53. The molecule has 12 heteroatoms. The maximum absolute atomic E-state index is 15.0. The van der Waals surface area contributed by atoms with Crippen LogP contribution in [0.25, 0.3) is 21.8 Å². The molecule has 0 aliphatic heterocycles. The van der Waals surface area contributed by atoms with Crippen LogP contribution in [-0.4, -0.2) is 41.8 Å². The summed E-state index contributed by atoms with van der Waals surface area (Å²) >= 11 is 0. The Hall–Kier alpha value is -3.83. The van der Waals surface area contributed by atoms with Crippen molar-refractivity contribution in [3.63, 3.8) is 0 Å². The zero-order valence-electron chi connectivity index (χ0n) is 17.3. The molecule has 1 amide bonds. The lowest BCUT2D eigenvalue weighted by atomic mass is 10.1. The Morgan fingerprint density at radius 3 is 2.61 bits per heavy atom. The molecule has 5 rings (SSSR count). The fourth-order valence-electron chi connectivity index (χ4n) is 3.82. The Morgan fingerprint density at radius 1 is 1.21 bits per heavy atom. The van der Waals surface area contributed by atoms with E-state index in [1.807, 2.05) is 0 Å².